The molecule has 0 saturated carbocycles. The molecule has 4 rings (SSSR count). The lowest BCUT2D eigenvalue weighted by molar-refractivity contribution is -0.139. The Balaban J connectivity index is 1.47. The van der Waals surface area contributed by atoms with Crippen molar-refractivity contribution in [2.45, 2.75) is 55.1 Å². The zero-order chi connectivity index (χ0) is 25.5. The number of aliphatic hydroxyl groups is 1. The first-order valence-corrected chi connectivity index (χ1v) is 14.2. The number of carboxylic acid groups (broad SMARTS) is 1. The highest BCUT2D eigenvalue weighted by atomic mass is 32.2. The van der Waals surface area contributed by atoms with Gasteiger partial charge in [-0.25, -0.2) is 4.39 Å². The van der Waals surface area contributed by atoms with Crippen molar-refractivity contribution in [3.8, 4) is 5.75 Å². The summed E-state index contributed by atoms with van der Waals surface area (Å²) in [5, 5.41) is 22.2. The molecule has 1 aliphatic heterocycles. The summed E-state index contributed by atoms with van der Waals surface area (Å²) in [5.41, 5.74) is 2.61. The van der Waals surface area contributed by atoms with E-state index in [9.17, 15) is 15.0 Å². The summed E-state index contributed by atoms with van der Waals surface area (Å²) >= 11 is 3.49. The molecule has 1 aliphatic rings. The van der Waals surface area contributed by atoms with Crippen LogP contribution < -0.4 is 4.74 Å². The van der Waals surface area contributed by atoms with Crippen molar-refractivity contribution < 1.29 is 24.1 Å². The summed E-state index contributed by atoms with van der Waals surface area (Å²) in [6.45, 7) is 1.37. The number of aliphatic hydroxyl groups excluding tert-OH is 1. The van der Waals surface area contributed by atoms with E-state index in [-0.39, 0.29) is 19.1 Å². The molecule has 0 spiro atoms. The molecule has 36 heavy (non-hydrogen) atoms. The molecular weight excluding hydrogens is 499 g/mol. The number of aryl methyl sites for hydroxylation is 1. The lowest BCUT2D eigenvalue weighted by Gasteiger charge is -2.42. The maximum Gasteiger partial charge on any atom is 0.303 e. The van der Waals surface area contributed by atoms with Crippen LogP contribution >= 0.6 is 23.1 Å². The van der Waals surface area contributed by atoms with Crippen molar-refractivity contribution in [1.29, 1.82) is 0 Å². The number of thioether (sulfide) groups is 1. The fourth-order valence-electron chi connectivity index (χ4n) is 5.15. The largest absolute Gasteiger partial charge is 0.497 e. The molecule has 1 saturated heterocycles. The van der Waals surface area contributed by atoms with Gasteiger partial charge in [-0.05, 0) is 73.0 Å². The van der Waals surface area contributed by atoms with E-state index in [1.165, 1.54) is 4.21 Å². The highest BCUT2D eigenvalue weighted by Crippen LogP contribution is 2.33. The summed E-state index contributed by atoms with van der Waals surface area (Å²) in [5.74, 6) is 0.208. The summed E-state index contributed by atoms with van der Waals surface area (Å²) in [6, 6.07) is 9.52. The van der Waals surface area contributed by atoms with Crippen LogP contribution in [0, 0.1) is 5.92 Å². The number of pyridine rings is 1. The lowest BCUT2D eigenvalue weighted by Crippen LogP contribution is -2.51. The number of benzene rings is 1. The van der Waals surface area contributed by atoms with Crippen LogP contribution in [0.5, 0.6) is 5.75 Å². The Labute approximate surface area is 219 Å². The molecule has 3 unspecified atom stereocenters. The maximum atomic E-state index is 15.7. The van der Waals surface area contributed by atoms with Crippen molar-refractivity contribution in [2.24, 2.45) is 5.92 Å². The van der Waals surface area contributed by atoms with E-state index in [0.29, 0.717) is 25.8 Å². The van der Waals surface area contributed by atoms with Gasteiger partial charge in [0.05, 0.1) is 29.9 Å². The second-order valence-corrected chi connectivity index (χ2v) is 11.5. The molecular formula is C27H33FN2O4S2. The van der Waals surface area contributed by atoms with Gasteiger partial charge < -0.3 is 14.9 Å². The average molecular weight is 533 g/mol. The van der Waals surface area contributed by atoms with Gasteiger partial charge in [0, 0.05) is 35.8 Å². The third-order valence-electron chi connectivity index (χ3n) is 7.00. The minimum Gasteiger partial charge on any atom is -0.497 e. The number of alkyl halides is 1. The number of carbonyl (C=O) groups is 1. The average Bonchev–Trinajstić information content (AvgIpc) is 3.40. The number of nitrogens with zero attached hydrogens (tertiary/aromatic N) is 2. The summed E-state index contributed by atoms with van der Waals surface area (Å²) in [7, 11) is 1.62. The number of aromatic nitrogens is 1. The maximum absolute atomic E-state index is 15.7. The van der Waals surface area contributed by atoms with E-state index in [0.717, 1.165) is 46.5 Å². The summed E-state index contributed by atoms with van der Waals surface area (Å²) < 4.78 is 22.3. The fourth-order valence-corrected chi connectivity index (χ4v) is 6.99. The van der Waals surface area contributed by atoms with Crippen molar-refractivity contribution >= 4 is 40.0 Å². The van der Waals surface area contributed by atoms with E-state index in [4.69, 9.17) is 4.74 Å². The first kappa shape index (κ1) is 26.9. The first-order chi connectivity index (χ1) is 17.5. The minimum atomic E-state index is -1.17. The monoisotopic (exact) mass is 532 g/mol. The smallest absolute Gasteiger partial charge is 0.303 e. The molecule has 9 heteroatoms. The van der Waals surface area contributed by atoms with Gasteiger partial charge in [0.2, 0.25) is 0 Å². The quantitative estimate of drug-likeness (QED) is 0.302. The fraction of sp³-hybridized carbons (Fsp3) is 0.481. The van der Waals surface area contributed by atoms with Gasteiger partial charge in [0.1, 0.15) is 11.9 Å². The SMILES string of the molecule is COc1ccc2ncc(CO)c(CCCC3C(F)C(CC(=O)O)CCN3CCSc3cccs3)c2c1. The van der Waals surface area contributed by atoms with Gasteiger partial charge in [-0.1, -0.05) is 6.07 Å². The number of fused-ring (bicyclic) bond motifs is 1. The van der Waals surface area contributed by atoms with Crippen LogP contribution in [0.2, 0.25) is 0 Å². The number of thiophene rings is 1. The van der Waals surface area contributed by atoms with Crippen molar-refractivity contribution in [3.05, 3.63) is 53.0 Å². The predicted octanol–water partition coefficient (Wildman–Crippen LogP) is 5.42. The number of piperidine rings is 1. The van der Waals surface area contributed by atoms with Gasteiger partial charge in [-0.15, -0.1) is 23.1 Å². The molecule has 0 bridgehead atoms. The number of methoxy groups -OCH3 is 1. The van der Waals surface area contributed by atoms with Crippen LogP contribution in [0.25, 0.3) is 10.9 Å². The van der Waals surface area contributed by atoms with Gasteiger partial charge in [0.25, 0.3) is 0 Å². The van der Waals surface area contributed by atoms with Crippen molar-refractivity contribution in [3.63, 3.8) is 0 Å². The third-order valence-corrected chi connectivity index (χ3v) is 9.11. The number of likely N-dealkylation sites (tertiary alicyclic amines) is 1. The van der Waals surface area contributed by atoms with Crippen LogP contribution in [-0.4, -0.2) is 64.2 Å². The standard InChI is InChI=1S/C27H33FN2O4S2/c1-34-20-7-8-23-22(15-20)21(19(17-31)16-29-23)4-2-5-24-27(28)18(14-25(32)33)9-10-30(24)11-13-36-26-6-3-12-35-26/h3,6-8,12,15-16,18,24,27,31H,2,4-5,9-11,13-14,17H2,1H3,(H,32,33). The Morgan fingerprint density at radius 3 is 2.94 bits per heavy atom. The number of hydrogen-bond donors (Lipinski definition) is 2. The number of ether oxygens (including phenoxy) is 1. The van der Waals surface area contributed by atoms with Gasteiger partial charge in [-0.3, -0.25) is 14.7 Å². The number of aliphatic carboxylic acids is 1. The third kappa shape index (κ3) is 6.56. The number of rotatable bonds is 12. The normalized spacial score (nSPS) is 20.6. The molecule has 0 radical (unpaired) electrons. The Kier molecular flexibility index (Phi) is 9.59. The number of hydrogen-bond acceptors (Lipinski definition) is 7. The Bertz CT molecular complexity index is 1140. The van der Waals surface area contributed by atoms with Gasteiger partial charge in [0.15, 0.2) is 0 Å². The van der Waals surface area contributed by atoms with Crippen molar-refractivity contribution in [2.75, 3.05) is 26.0 Å². The molecule has 6 nitrogen and oxygen atoms in total. The van der Waals surface area contributed by atoms with Crippen LogP contribution in [0.4, 0.5) is 4.39 Å². The molecule has 3 heterocycles. The van der Waals surface area contributed by atoms with E-state index in [1.54, 1.807) is 36.4 Å². The molecule has 3 atom stereocenters. The van der Waals surface area contributed by atoms with Crippen LogP contribution in [-0.2, 0) is 17.8 Å². The molecule has 2 N–H and O–H groups in total. The van der Waals surface area contributed by atoms with Crippen molar-refractivity contribution in [1.82, 2.24) is 9.88 Å². The molecule has 194 valence electrons. The Morgan fingerprint density at radius 2 is 2.22 bits per heavy atom. The van der Waals surface area contributed by atoms with E-state index in [1.807, 2.05) is 24.3 Å². The van der Waals surface area contributed by atoms with Gasteiger partial charge >= 0.3 is 5.97 Å². The number of halogens is 1. The zero-order valence-corrected chi connectivity index (χ0v) is 22.1. The topological polar surface area (TPSA) is 82.9 Å². The Morgan fingerprint density at radius 1 is 1.36 bits per heavy atom. The van der Waals surface area contributed by atoms with E-state index in [2.05, 4.69) is 21.3 Å². The highest BCUT2D eigenvalue weighted by Gasteiger charge is 2.38. The van der Waals surface area contributed by atoms with Crippen LogP contribution in [0.3, 0.4) is 0 Å². The molecule has 0 amide bonds. The van der Waals surface area contributed by atoms with Crippen LogP contribution in [0.15, 0.2) is 46.1 Å². The predicted molar refractivity (Wildman–Crippen MR) is 143 cm³/mol. The molecule has 0 aliphatic carbocycles. The number of carboxylic acids is 1. The summed E-state index contributed by atoms with van der Waals surface area (Å²) in [4.78, 5) is 18.0. The first-order valence-electron chi connectivity index (χ1n) is 12.3. The second-order valence-electron chi connectivity index (χ2n) is 9.17. The van der Waals surface area contributed by atoms with Crippen LogP contribution in [0.1, 0.15) is 36.8 Å². The van der Waals surface area contributed by atoms with Gasteiger partial charge in [-0.2, -0.15) is 0 Å². The van der Waals surface area contributed by atoms with E-state index < -0.39 is 18.1 Å². The zero-order valence-electron chi connectivity index (χ0n) is 20.4. The summed E-state index contributed by atoms with van der Waals surface area (Å²) in [6.07, 6.45) is 3.00. The molecule has 1 fully saturated rings. The van der Waals surface area contributed by atoms with E-state index >= 15 is 4.39 Å². The second kappa shape index (κ2) is 12.9. The molecule has 3 aromatic rings. The molecule has 1 aromatic carbocycles. The lowest BCUT2D eigenvalue weighted by atomic mass is 9.84. The highest BCUT2D eigenvalue weighted by molar-refractivity contribution is 8.01. The Hall–Kier alpha value is -2.20. The minimum absolute atomic E-state index is 0.114. The molecule has 2 aromatic heterocycles.